The van der Waals surface area contributed by atoms with Crippen LogP contribution in [0.15, 0.2) is 36.7 Å². The molecule has 0 amide bonds. The van der Waals surface area contributed by atoms with Gasteiger partial charge in [0.2, 0.25) is 0 Å². The van der Waals surface area contributed by atoms with Crippen molar-refractivity contribution in [2.45, 2.75) is 31.3 Å². The maximum absolute atomic E-state index is 4.41. The van der Waals surface area contributed by atoms with Gasteiger partial charge < -0.3 is 0 Å². The van der Waals surface area contributed by atoms with Crippen LogP contribution < -0.4 is 0 Å². The summed E-state index contributed by atoms with van der Waals surface area (Å²) in [6.45, 7) is 0. The molecule has 1 aromatic heterocycles. The average Bonchev–Trinajstić information content (AvgIpc) is 2.68. The Hall–Kier alpha value is -1.74. The molecule has 2 aromatic rings. The van der Waals surface area contributed by atoms with E-state index < -0.39 is 0 Å². The van der Waals surface area contributed by atoms with Gasteiger partial charge >= 0.3 is 0 Å². The van der Waals surface area contributed by atoms with Crippen molar-refractivity contribution in [3.63, 3.8) is 0 Å². The molecule has 1 aromatic carbocycles. The van der Waals surface area contributed by atoms with Gasteiger partial charge in [0.15, 0.2) is 0 Å². The number of fused-ring (bicyclic) bond motifs is 3. The number of hydrogen-bond donors (Lipinski definition) is 0. The van der Waals surface area contributed by atoms with Crippen molar-refractivity contribution in [3.8, 4) is 0 Å². The topological polar surface area (TPSA) is 29.0 Å². The second-order valence-electron chi connectivity index (χ2n) is 5.62. The first kappa shape index (κ1) is 11.1. The molecule has 1 fully saturated rings. The van der Waals surface area contributed by atoms with Gasteiger partial charge in [0.1, 0.15) is 0 Å². The quantitative estimate of drug-likeness (QED) is 0.780. The van der Waals surface area contributed by atoms with Gasteiger partial charge in [-0.3, -0.25) is 14.9 Å². The van der Waals surface area contributed by atoms with E-state index in [2.05, 4.69) is 46.2 Å². The van der Waals surface area contributed by atoms with Crippen LogP contribution in [0.4, 0.5) is 0 Å². The highest BCUT2D eigenvalue weighted by Gasteiger charge is 2.33. The molecule has 4 rings (SSSR count). The normalized spacial score (nSPS) is 26.7. The van der Waals surface area contributed by atoms with Gasteiger partial charge in [-0.05, 0) is 49.6 Å². The zero-order chi connectivity index (χ0) is 12.8. The van der Waals surface area contributed by atoms with Crippen molar-refractivity contribution in [3.05, 3.63) is 42.2 Å². The van der Waals surface area contributed by atoms with E-state index in [0.29, 0.717) is 6.04 Å². The lowest BCUT2D eigenvalue weighted by molar-refractivity contribution is 0.264. The second kappa shape index (κ2) is 4.14. The Labute approximate surface area is 113 Å². The predicted octanol–water partition coefficient (Wildman–Crippen LogP) is 2.88. The fourth-order valence-corrected chi connectivity index (χ4v) is 3.42. The second-order valence-corrected chi connectivity index (χ2v) is 5.62. The molecule has 2 atom stereocenters. The van der Waals surface area contributed by atoms with Crippen LogP contribution in [0.5, 0.6) is 0 Å². The molecule has 19 heavy (non-hydrogen) atoms. The molecular weight excluding hydrogens is 234 g/mol. The van der Waals surface area contributed by atoms with E-state index in [9.17, 15) is 0 Å². The van der Waals surface area contributed by atoms with Gasteiger partial charge in [-0.2, -0.15) is 0 Å². The summed E-state index contributed by atoms with van der Waals surface area (Å²) in [6, 6.07) is 7.81. The van der Waals surface area contributed by atoms with Gasteiger partial charge in [0.05, 0.1) is 11.0 Å². The monoisotopic (exact) mass is 251 g/mol. The maximum Gasteiger partial charge on any atom is 0.0892 e. The van der Waals surface area contributed by atoms with Crippen LogP contribution in [0.1, 0.15) is 24.8 Å². The van der Waals surface area contributed by atoms with E-state index in [-0.39, 0.29) is 0 Å². The molecule has 96 valence electrons. The van der Waals surface area contributed by atoms with Crippen LogP contribution in [-0.2, 0) is 0 Å². The number of rotatable bonds is 1. The van der Waals surface area contributed by atoms with Crippen LogP contribution >= 0.6 is 0 Å². The third-order valence-corrected chi connectivity index (χ3v) is 4.58. The first-order chi connectivity index (χ1) is 9.31. The molecule has 3 heterocycles. The standard InChI is InChI=1S/C16H17N3/c1-19-13-3-4-14(19)9-12(8-13)11-2-5-15-16(10-11)18-7-6-17-15/h2,5-8,10,13-14H,3-4,9H2,1H3. The molecule has 1 saturated heterocycles. The summed E-state index contributed by atoms with van der Waals surface area (Å²) in [4.78, 5) is 11.3. The smallest absolute Gasteiger partial charge is 0.0892 e. The molecule has 0 N–H and O–H groups in total. The molecular formula is C16H17N3. The summed E-state index contributed by atoms with van der Waals surface area (Å²) in [5.74, 6) is 0. The molecule has 0 saturated carbocycles. The molecule has 2 aliphatic heterocycles. The molecule has 3 nitrogen and oxygen atoms in total. The molecule has 2 bridgehead atoms. The van der Waals surface area contributed by atoms with E-state index in [1.807, 2.05) is 0 Å². The molecule has 2 unspecified atom stereocenters. The summed E-state index contributed by atoms with van der Waals surface area (Å²) in [5, 5.41) is 0. The first-order valence-corrected chi connectivity index (χ1v) is 6.95. The fourth-order valence-electron chi connectivity index (χ4n) is 3.42. The Morgan fingerprint density at radius 3 is 2.79 bits per heavy atom. The van der Waals surface area contributed by atoms with E-state index in [0.717, 1.165) is 17.1 Å². The van der Waals surface area contributed by atoms with E-state index in [1.165, 1.54) is 30.4 Å². The average molecular weight is 251 g/mol. The van der Waals surface area contributed by atoms with Gasteiger partial charge in [-0.1, -0.05) is 12.1 Å². The van der Waals surface area contributed by atoms with Crippen molar-refractivity contribution in [2.24, 2.45) is 0 Å². The SMILES string of the molecule is CN1C2C=C(c3ccc4nccnc4c3)CC1CC2. The summed E-state index contributed by atoms with van der Waals surface area (Å²) < 4.78 is 0. The first-order valence-electron chi connectivity index (χ1n) is 6.95. The predicted molar refractivity (Wildman–Crippen MR) is 76.7 cm³/mol. The number of aromatic nitrogens is 2. The Kier molecular flexibility index (Phi) is 2.42. The number of benzene rings is 1. The summed E-state index contributed by atoms with van der Waals surface area (Å²) >= 11 is 0. The lowest BCUT2D eigenvalue weighted by Gasteiger charge is -2.30. The number of hydrogen-bond acceptors (Lipinski definition) is 3. The fraction of sp³-hybridized carbons (Fsp3) is 0.375. The van der Waals surface area contributed by atoms with E-state index in [4.69, 9.17) is 0 Å². The molecule has 2 aliphatic rings. The Morgan fingerprint density at radius 2 is 1.95 bits per heavy atom. The van der Waals surface area contributed by atoms with Crippen LogP contribution in [0.2, 0.25) is 0 Å². The lowest BCUT2D eigenvalue weighted by atomic mass is 9.95. The third kappa shape index (κ3) is 1.77. The van der Waals surface area contributed by atoms with Gasteiger partial charge in [-0.25, -0.2) is 0 Å². The van der Waals surface area contributed by atoms with Crippen LogP contribution in [0.25, 0.3) is 16.6 Å². The van der Waals surface area contributed by atoms with Crippen LogP contribution in [-0.4, -0.2) is 34.0 Å². The van der Waals surface area contributed by atoms with Gasteiger partial charge in [-0.15, -0.1) is 0 Å². The zero-order valence-electron chi connectivity index (χ0n) is 11.1. The van der Waals surface area contributed by atoms with E-state index in [1.54, 1.807) is 12.4 Å². The highest BCUT2D eigenvalue weighted by Crippen LogP contribution is 2.37. The van der Waals surface area contributed by atoms with Crippen molar-refractivity contribution in [2.75, 3.05) is 7.05 Å². The Morgan fingerprint density at radius 1 is 1.11 bits per heavy atom. The minimum Gasteiger partial charge on any atom is -0.297 e. The van der Waals surface area contributed by atoms with Crippen LogP contribution in [0.3, 0.4) is 0 Å². The number of likely N-dealkylation sites (N-methyl/N-ethyl adjacent to an activating group) is 1. The molecule has 0 aliphatic carbocycles. The Bertz CT molecular complexity index is 662. The van der Waals surface area contributed by atoms with E-state index >= 15 is 0 Å². The highest BCUT2D eigenvalue weighted by molar-refractivity contribution is 5.80. The molecule has 0 spiro atoms. The largest absolute Gasteiger partial charge is 0.297 e. The number of nitrogens with zero attached hydrogens (tertiary/aromatic N) is 3. The summed E-state index contributed by atoms with van der Waals surface area (Å²) in [7, 11) is 2.25. The minimum absolute atomic E-state index is 0.631. The van der Waals surface area contributed by atoms with Gasteiger partial charge in [0.25, 0.3) is 0 Å². The van der Waals surface area contributed by atoms with Crippen LogP contribution in [0, 0.1) is 0 Å². The van der Waals surface area contributed by atoms with Crippen molar-refractivity contribution in [1.29, 1.82) is 0 Å². The van der Waals surface area contributed by atoms with Crippen molar-refractivity contribution < 1.29 is 0 Å². The van der Waals surface area contributed by atoms with Gasteiger partial charge in [0, 0.05) is 24.5 Å². The third-order valence-electron chi connectivity index (χ3n) is 4.58. The summed E-state index contributed by atoms with van der Waals surface area (Å²) in [6.07, 6.45) is 9.75. The minimum atomic E-state index is 0.631. The van der Waals surface area contributed by atoms with Crippen molar-refractivity contribution in [1.82, 2.24) is 14.9 Å². The van der Waals surface area contributed by atoms with Crippen molar-refractivity contribution >= 4 is 16.6 Å². The summed E-state index contributed by atoms with van der Waals surface area (Å²) in [5.41, 5.74) is 4.77. The lowest BCUT2D eigenvalue weighted by Crippen LogP contribution is -2.34. The maximum atomic E-state index is 4.41. The zero-order valence-corrected chi connectivity index (χ0v) is 11.1. The molecule has 3 heteroatoms. The Balaban J connectivity index is 1.77. The molecule has 0 radical (unpaired) electrons. The highest BCUT2D eigenvalue weighted by atomic mass is 15.2.